The van der Waals surface area contributed by atoms with Crippen LogP contribution < -0.4 is 5.56 Å². The van der Waals surface area contributed by atoms with Crippen LogP contribution in [0, 0.1) is 6.92 Å². The van der Waals surface area contributed by atoms with Crippen LogP contribution in [0.4, 0.5) is 0 Å². The highest BCUT2D eigenvalue weighted by molar-refractivity contribution is 5.65. The maximum Gasteiger partial charge on any atom is 0.254 e. The molecule has 108 valence electrons. The largest absolute Gasteiger partial charge is 0.318 e. The van der Waals surface area contributed by atoms with E-state index in [1.54, 1.807) is 4.57 Å². The minimum absolute atomic E-state index is 0.124. The van der Waals surface area contributed by atoms with Crippen molar-refractivity contribution in [2.75, 3.05) is 0 Å². The van der Waals surface area contributed by atoms with E-state index in [0.29, 0.717) is 0 Å². The topological polar surface area (TPSA) is 22.0 Å². The van der Waals surface area contributed by atoms with Crippen molar-refractivity contribution in [3.8, 4) is 0 Å². The molecular formula is C19H21NO. The number of aromatic nitrogens is 1. The second-order valence-corrected chi connectivity index (χ2v) is 6.45. The molecule has 0 saturated heterocycles. The summed E-state index contributed by atoms with van der Waals surface area (Å²) >= 11 is 0. The molecule has 0 fully saturated rings. The lowest BCUT2D eigenvalue weighted by atomic mass is 9.76. The van der Waals surface area contributed by atoms with E-state index in [9.17, 15) is 4.79 Å². The van der Waals surface area contributed by atoms with Gasteiger partial charge in [0.05, 0.1) is 0 Å². The van der Waals surface area contributed by atoms with Crippen molar-refractivity contribution in [1.29, 1.82) is 0 Å². The summed E-state index contributed by atoms with van der Waals surface area (Å²) in [6, 6.07) is 8.67. The Labute approximate surface area is 125 Å². The molecule has 0 amide bonds. The SMILES string of the molecule is Cc1ccc(C(C)(C)c2cn(C)c(=O)c3c2C=CC3)cc1. The van der Waals surface area contributed by atoms with Gasteiger partial charge in [-0.2, -0.15) is 0 Å². The third kappa shape index (κ3) is 2.15. The number of allylic oxidation sites excluding steroid dienone is 1. The fourth-order valence-corrected chi connectivity index (χ4v) is 3.12. The Morgan fingerprint density at radius 2 is 1.81 bits per heavy atom. The van der Waals surface area contributed by atoms with Crippen LogP contribution in [0.15, 0.2) is 41.3 Å². The second kappa shape index (κ2) is 4.73. The van der Waals surface area contributed by atoms with Gasteiger partial charge in [0.15, 0.2) is 0 Å². The summed E-state index contributed by atoms with van der Waals surface area (Å²) in [5, 5.41) is 0. The number of hydrogen-bond acceptors (Lipinski definition) is 1. The Kier molecular flexibility index (Phi) is 3.12. The molecular weight excluding hydrogens is 258 g/mol. The highest BCUT2D eigenvalue weighted by atomic mass is 16.1. The number of nitrogens with zero attached hydrogens (tertiary/aromatic N) is 1. The van der Waals surface area contributed by atoms with Crippen molar-refractivity contribution < 1.29 is 0 Å². The molecule has 2 heteroatoms. The van der Waals surface area contributed by atoms with Crippen molar-refractivity contribution in [2.45, 2.75) is 32.6 Å². The van der Waals surface area contributed by atoms with Gasteiger partial charge in [0.1, 0.15) is 0 Å². The molecule has 2 aromatic rings. The van der Waals surface area contributed by atoms with E-state index in [4.69, 9.17) is 0 Å². The van der Waals surface area contributed by atoms with Crippen LogP contribution in [0.3, 0.4) is 0 Å². The van der Waals surface area contributed by atoms with Gasteiger partial charge in [-0.25, -0.2) is 0 Å². The average Bonchev–Trinajstić information content (AvgIpc) is 2.92. The molecule has 0 spiro atoms. The molecule has 3 rings (SSSR count). The van der Waals surface area contributed by atoms with Gasteiger partial charge in [0.2, 0.25) is 0 Å². The van der Waals surface area contributed by atoms with Gasteiger partial charge < -0.3 is 4.57 Å². The first-order chi connectivity index (χ1) is 9.91. The zero-order valence-corrected chi connectivity index (χ0v) is 13.1. The maximum absolute atomic E-state index is 12.2. The molecule has 0 N–H and O–H groups in total. The maximum atomic E-state index is 12.2. The number of aryl methyl sites for hydroxylation is 2. The molecule has 0 atom stereocenters. The van der Waals surface area contributed by atoms with Crippen LogP contribution in [0.5, 0.6) is 0 Å². The fourth-order valence-electron chi connectivity index (χ4n) is 3.12. The molecule has 1 heterocycles. The Hall–Kier alpha value is -2.09. The number of fused-ring (bicyclic) bond motifs is 1. The predicted molar refractivity (Wildman–Crippen MR) is 87.7 cm³/mol. The molecule has 2 nitrogen and oxygen atoms in total. The zero-order valence-electron chi connectivity index (χ0n) is 13.1. The number of pyridine rings is 1. The molecule has 1 aromatic heterocycles. The zero-order chi connectivity index (χ0) is 15.2. The fraction of sp³-hybridized carbons (Fsp3) is 0.316. The van der Waals surface area contributed by atoms with Gasteiger partial charge in [-0.15, -0.1) is 0 Å². The molecule has 0 radical (unpaired) electrons. The molecule has 0 unspecified atom stereocenters. The van der Waals surface area contributed by atoms with Crippen molar-refractivity contribution in [2.24, 2.45) is 7.05 Å². The normalized spacial score (nSPS) is 13.5. The number of benzene rings is 1. The average molecular weight is 279 g/mol. The monoisotopic (exact) mass is 279 g/mol. The lowest BCUT2D eigenvalue weighted by molar-refractivity contribution is 0.624. The summed E-state index contributed by atoms with van der Waals surface area (Å²) in [5.41, 5.74) is 5.79. The minimum atomic E-state index is -0.127. The smallest absolute Gasteiger partial charge is 0.254 e. The van der Waals surface area contributed by atoms with Crippen molar-refractivity contribution >= 4 is 6.08 Å². The Morgan fingerprint density at radius 1 is 1.14 bits per heavy atom. The van der Waals surface area contributed by atoms with Crippen molar-refractivity contribution in [3.05, 3.63) is 74.7 Å². The van der Waals surface area contributed by atoms with Crippen LogP contribution in [-0.2, 0) is 18.9 Å². The van der Waals surface area contributed by atoms with Gasteiger partial charge in [0.25, 0.3) is 5.56 Å². The van der Waals surface area contributed by atoms with Gasteiger partial charge >= 0.3 is 0 Å². The van der Waals surface area contributed by atoms with Crippen molar-refractivity contribution in [1.82, 2.24) is 4.57 Å². The van der Waals surface area contributed by atoms with E-state index >= 15 is 0 Å². The molecule has 21 heavy (non-hydrogen) atoms. The first-order valence-corrected chi connectivity index (χ1v) is 7.38. The van der Waals surface area contributed by atoms with Crippen LogP contribution in [-0.4, -0.2) is 4.57 Å². The van der Waals surface area contributed by atoms with Gasteiger partial charge in [-0.05, 0) is 30.0 Å². The van der Waals surface area contributed by atoms with Crippen LogP contribution in [0.25, 0.3) is 6.08 Å². The minimum Gasteiger partial charge on any atom is -0.318 e. The van der Waals surface area contributed by atoms with E-state index in [1.165, 1.54) is 16.7 Å². The van der Waals surface area contributed by atoms with E-state index < -0.39 is 0 Å². The third-order valence-electron chi connectivity index (χ3n) is 4.57. The summed E-state index contributed by atoms with van der Waals surface area (Å²) < 4.78 is 1.72. The molecule has 1 aliphatic rings. The summed E-state index contributed by atoms with van der Waals surface area (Å²) in [6.45, 7) is 6.55. The third-order valence-corrected chi connectivity index (χ3v) is 4.57. The van der Waals surface area contributed by atoms with Crippen LogP contribution >= 0.6 is 0 Å². The molecule has 1 aliphatic carbocycles. The quantitative estimate of drug-likeness (QED) is 0.823. The highest BCUT2D eigenvalue weighted by Gasteiger charge is 2.29. The van der Waals surface area contributed by atoms with E-state index in [-0.39, 0.29) is 11.0 Å². The lowest BCUT2D eigenvalue weighted by Gasteiger charge is -2.29. The molecule has 0 saturated carbocycles. The Bertz CT molecular complexity index is 776. The van der Waals surface area contributed by atoms with Crippen LogP contribution in [0.1, 0.15) is 41.7 Å². The number of rotatable bonds is 2. The van der Waals surface area contributed by atoms with E-state index in [1.807, 2.05) is 13.2 Å². The highest BCUT2D eigenvalue weighted by Crippen LogP contribution is 2.36. The van der Waals surface area contributed by atoms with Crippen molar-refractivity contribution in [3.63, 3.8) is 0 Å². The molecule has 0 bridgehead atoms. The van der Waals surface area contributed by atoms with Crippen LogP contribution in [0.2, 0.25) is 0 Å². The van der Waals surface area contributed by atoms with Gasteiger partial charge in [-0.3, -0.25) is 4.79 Å². The van der Waals surface area contributed by atoms with Gasteiger partial charge in [-0.1, -0.05) is 55.8 Å². The Balaban J connectivity index is 2.22. The molecule has 1 aromatic carbocycles. The summed E-state index contributed by atoms with van der Waals surface area (Å²) in [7, 11) is 1.84. The standard InChI is InChI=1S/C19H21NO/c1-13-8-10-14(11-9-13)19(2,3)17-12-20(4)18(21)16-7-5-6-15(16)17/h5-6,8-12H,7H2,1-4H3. The summed E-state index contributed by atoms with van der Waals surface area (Å²) in [6.07, 6.45) is 6.93. The van der Waals surface area contributed by atoms with E-state index in [0.717, 1.165) is 17.5 Å². The van der Waals surface area contributed by atoms with E-state index in [2.05, 4.69) is 57.2 Å². The van der Waals surface area contributed by atoms with Gasteiger partial charge in [0, 0.05) is 24.2 Å². The second-order valence-electron chi connectivity index (χ2n) is 6.45. The predicted octanol–water partition coefficient (Wildman–Crippen LogP) is 3.59. The Morgan fingerprint density at radius 3 is 2.48 bits per heavy atom. The number of hydrogen-bond donors (Lipinski definition) is 0. The first kappa shape index (κ1) is 13.9. The molecule has 0 aliphatic heterocycles. The first-order valence-electron chi connectivity index (χ1n) is 7.38. The summed E-state index contributed by atoms with van der Waals surface area (Å²) in [5.74, 6) is 0. The lowest BCUT2D eigenvalue weighted by Crippen LogP contribution is -2.28. The summed E-state index contributed by atoms with van der Waals surface area (Å²) in [4.78, 5) is 12.2.